The third-order valence-corrected chi connectivity index (χ3v) is 25.8. The fourth-order valence-corrected chi connectivity index (χ4v) is 20.3. The van der Waals surface area contributed by atoms with Crippen molar-refractivity contribution in [2.75, 3.05) is 0 Å². The van der Waals surface area contributed by atoms with E-state index in [2.05, 4.69) is 430 Å². The minimum absolute atomic E-state index is 0.0858. The lowest BCUT2D eigenvalue weighted by Gasteiger charge is -2.21. The first-order valence-corrected chi connectivity index (χ1v) is 40.1. The molecule has 0 fully saturated rings. The summed E-state index contributed by atoms with van der Waals surface area (Å²) in [6.07, 6.45) is 0. The Balaban J connectivity index is 0.000000135. The zero-order chi connectivity index (χ0) is 75.7. The SMILES string of the molecule is CC1(C)c2ccccc2-c2c1ccc1c2c2cc(-c3ccc4c(c3)c3ccccc3n4-c3cccc4ccccc34)ccc2n1-c1ccc(-c2ccccc2)cc1.CC1(C)c2ccccc2-c2cc3c(cc21)c1cc(-c2ccc4c(c2)-c2ccccc2C4c2cccc4ccccc24)ccc1n3-c1ccc(-c2ccccc2)cc1. The first kappa shape index (κ1) is 65.7. The van der Waals surface area contributed by atoms with Crippen molar-refractivity contribution in [2.45, 2.75) is 44.4 Å². The topological polar surface area (TPSA) is 14.8 Å². The Labute approximate surface area is 662 Å². The second-order valence-corrected chi connectivity index (χ2v) is 32.6. The minimum Gasteiger partial charge on any atom is -0.309 e. The van der Waals surface area contributed by atoms with Gasteiger partial charge in [-0.3, -0.25) is 0 Å². The highest BCUT2D eigenvalue weighted by Crippen LogP contribution is 2.56. The maximum Gasteiger partial charge on any atom is 0.0547 e. The predicted octanol–water partition coefficient (Wildman–Crippen LogP) is 29.4. The van der Waals surface area contributed by atoms with Crippen LogP contribution in [0.3, 0.4) is 0 Å². The van der Waals surface area contributed by atoms with Crippen LogP contribution in [-0.2, 0) is 10.8 Å². The Morgan fingerprint density at radius 3 is 1.32 bits per heavy atom. The molecule has 0 amide bonds. The second kappa shape index (κ2) is 25.2. The highest BCUT2D eigenvalue weighted by Gasteiger charge is 2.39. The number of fused-ring (bicyclic) bond motifs is 21. The van der Waals surface area contributed by atoms with Crippen molar-refractivity contribution in [3.05, 3.63) is 427 Å². The molecule has 0 bridgehead atoms. The summed E-state index contributed by atoms with van der Waals surface area (Å²) in [4.78, 5) is 0. The van der Waals surface area contributed by atoms with Gasteiger partial charge in [-0.25, -0.2) is 0 Å². The van der Waals surface area contributed by atoms with Crippen LogP contribution in [0.2, 0.25) is 0 Å². The molecule has 3 aromatic heterocycles. The average Bonchev–Trinajstić information content (AvgIpc) is 1.55. The monoisotopic (exact) mass is 1450 g/mol. The van der Waals surface area contributed by atoms with Gasteiger partial charge in [-0.05, 0) is 230 Å². The molecule has 3 heteroatoms. The van der Waals surface area contributed by atoms with Crippen molar-refractivity contribution in [3.8, 4) is 95.0 Å². The van der Waals surface area contributed by atoms with E-state index in [1.807, 2.05) is 0 Å². The van der Waals surface area contributed by atoms with Gasteiger partial charge in [0.1, 0.15) is 0 Å². The Morgan fingerprint density at radius 2 is 0.640 bits per heavy atom. The zero-order valence-electron chi connectivity index (χ0n) is 63.9. The summed E-state index contributed by atoms with van der Waals surface area (Å²) in [7, 11) is 0. The molecule has 3 nitrogen and oxygen atoms in total. The zero-order valence-corrected chi connectivity index (χ0v) is 63.9. The fourth-order valence-electron chi connectivity index (χ4n) is 20.3. The van der Waals surface area contributed by atoms with Crippen molar-refractivity contribution in [1.82, 2.24) is 13.7 Å². The van der Waals surface area contributed by atoms with Crippen molar-refractivity contribution in [3.63, 3.8) is 0 Å². The van der Waals surface area contributed by atoms with Gasteiger partial charge in [-0.2, -0.15) is 0 Å². The molecule has 0 radical (unpaired) electrons. The van der Waals surface area contributed by atoms with Gasteiger partial charge >= 0.3 is 0 Å². The van der Waals surface area contributed by atoms with E-state index in [0.29, 0.717) is 0 Å². The Bertz CT molecular complexity index is 7560. The molecule has 21 aromatic rings. The van der Waals surface area contributed by atoms with Gasteiger partial charge in [-0.1, -0.05) is 319 Å². The molecule has 1 atom stereocenters. The summed E-state index contributed by atoms with van der Waals surface area (Å²) in [5.41, 5.74) is 38.3. The third kappa shape index (κ3) is 9.88. The molecule has 0 aliphatic heterocycles. The van der Waals surface area contributed by atoms with E-state index in [0.717, 1.165) is 5.69 Å². The summed E-state index contributed by atoms with van der Waals surface area (Å²) in [5.74, 6) is 0.194. The molecule has 0 spiro atoms. The van der Waals surface area contributed by atoms with Crippen LogP contribution in [0.15, 0.2) is 388 Å². The minimum atomic E-state index is -0.0905. The van der Waals surface area contributed by atoms with Gasteiger partial charge < -0.3 is 13.7 Å². The van der Waals surface area contributed by atoms with E-state index in [-0.39, 0.29) is 16.7 Å². The van der Waals surface area contributed by atoms with Crippen molar-refractivity contribution < 1.29 is 0 Å². The molecular weight excluding hydrogens is 1380 g/mol. The second-order valence-electron chi connectivity index (χ2n) is 32.6. The number of rotatable bonds is 8. The number of para-hydroxylation sites is 1. The van der Waals surface area contributed by atoms with Crippen molar-refractivity contribution in [2.24, 2.45) is 0 Å². The Hall–Kier alpha value is -14.1. The van der Waals surface area contributed by atoms with Gasteiger partial charge in [0.05, 0.1) is 38.8 Å². The highest BCUT2D eigenvalue weighted by molar-refractivity contribution is 6.20. The van der Waals surface area contributed by atoms with E-state index in [1.54, 1.807) is 0 Å². The Kier molecular flexibility index (Phi) is 14.5. The summed E-state index contributed by atoms with van der Waals surface area (Å²) in [5, 5.41) is 12.8. The van der Waals surface area contributed by atoms with Crippen molar-refractivity contribution >= 4 is 87.0 Å². The van der Waals surface area contributed by atoms with E-state index >= 15 is 0 Å². The molecule has 3 aliphatic rings. The molecule has 18 aromatic carbocycles. The Morgan fingerprint density at radius 1 is 0.211 bits per heavy atom. The number of aromatic nitrogens is 3. The molecule has 1 unspecified atom stereocenters. The molecule has 24 rings (SSSR count). The van der Waals surface area contributed by atoms with Crippen LogP contribution in [0.4, 0.5) is 0 Å². The number of hydrogen-bond acceptors (Lipinski definition) is 0. The van der Waals surface area contributed by atoms with E-state index in [4.69, 9.17) is 0 Å². The smallest absolute Gasteiger partial charge is 0.0547 e. The molecule has 3 aliphatic carbocycles. The van der Waals surface area contributed by atoms with Gasteiger partial charge in [0.15, 0.2) is 0 Å². The maximum absolute atomic E-state index is 2.50. The predicted molar refractivity (Wildman–Crippen MR) is 481 cm³/mol. The van der Waals surface area contributed by atoms with Gasteiger partial charge in [0.25, 0.3) is 0 Å². The van der Waals surface area contributed by atoms with Crippen LogP contribution in [0.5, 0.6) is 0 Å². The van der Waals surface area contributed by atoms with Crippen molar-refractivity contribution in [1.29, 1.82) is 0 Å². The molecular formula is C111H77N3. The van der Waals surface area contributed by atoms with Crippen LogP contribution < -0.4 is 0 Å². The van der Waals surface area contributed by atoms with Crippen LogP contribution in [0, 0.1) is 0 Å². The standard InChI is InChI=1S/C56H39N.C55H38N2/c1-56(2)51-22-11-10-19-43(51)48-34-54-50(33-52(48)56)49-32-39(26-30-53(49)57(54)40-27-23-36(24-28-40)35-13-4-3-5-14-35)38-25-29-46-47(31-38)42-18-8-9-20-45(42)55(46)44-21-12-16-37-15-6-7-17-41(37)44;1-55(2)46-20-10-8-19-43(46)53-47(55)29-32-52-54(53)45-34-39(26-31-51(45)56(52)40-27-23-36(24-28-40)35-13-4-3-5-14-35)38-25-30-50-44(33-38)42-18-9-11-21-49(42)57(50)48-22-12-16-37-15-6-7-17-41(37)48/h3-34,55H,1-2H3;3-34H,1-2H3. The summed E-state index contributed by atoms with van der Waals surface area (Å²) in [6.45, 7) is 9.51. The van der Waals surface area contributed by atoms with E-state index in [9.17, 15) is 0 Å². The largest absolute Gasteiger partial charge is 0.309 e. The third-order valence-electron chi connectivity index (χ3n) is 25.8. The van der Waals surface area contributed by atoms with Crippen LogP contribution in [0.25, 0.3) is 182 Å². The van der Waals surface area contributed by atoms with Crippen LogP contribution >= 0.6 is 0 Å². The molecule has 0 N–H and O–H groups in total. The molecule has 0 saturated carbocycles. The van der Waals surface area contributed by atoms with E-state index in [1.165, 1.54) is 215 Å². The van der Waals surface area contributed by atoms with Crippen LogP contribution in [0.1, 0.15) is 72.6 Å². The first-order valence-electron chi connectivity index (χ1n) is 40.1. The number of nitrogens with zero attached hydrogens (tertiary/aromatic N) is 3. The van der Waals surface area contributed by atoms with E-state index < -0.39 is 0 Å². The molecule has 3 heterocycles. The van der Waals surface area contributed by atoms with Gasteiger partial charge in [0.2, 0.25) is 0 Å². The first-order chi connectivity index (χ1) is 56.1. The van der Waals surface area contributed by atoms with Gasteiger partial charge in [-0.15, -0.1) is 0 Å². The lowest BCUT2D eigenvalue weighted by Crippen LogP contribution is -2.14. The molecule has 114 heavy (non-hydrogen) atoms. The van der Waals surface area contributed by atoms with Gasteiger partial charge in [0, 0.05) is 65.8 Å². The number of benzene rings is 18. The summed E-state index contributed by atoms with van der Waals surface area (Å²) >= 11 is 0. The summed E-state index contributed by atoms with van der Waals surface area (Å²) < 4.78 is 7.39. The molecule has 536 valence electrons. The highest BCUT2D eigenvalue weighted by atomic mass is 15.0. The summed E-state index contributed by atoms with van der Waals surface area (Å²) in [6, 6.07) is 144. The lowest BCUT2D eigenvalue weighted by molar-refractivity contribution is 0.661. The van der Waals surface area contributed by atoms with Crippen LogP contribution in [-0.4, -0.2) is 13.7 Å². The number of hydrogen-bond donors (Lipinski definition) is 0. The maximum atomic E-state index is 2.50. The quantitative estimate of drug-likeness (QED) is 0.144. The fraction of sp³-hybridized carbons (Fsp3) is 0.0631. The normalized spacial score (nSPS) is 14.0. The average molecular weight is 1450 g/mol. The lowest BCUT2D eigenvalue weighted by atomic mass is 9.82. The molecule has 0 saturated heterocycles.